The van der Waals surface area contributed by atoms with Crippen molar-refractivity contribution in [2.45, 2.75) is 50.6 Å². The Morgan fingerprint density at radius 3 is 2.62 bits per heavy atom. The molecule has 2 aromatic rings. The molecule has 1 aliphatic heterocycles. The summed E-state index contributed by atoms with van der Waals surface area (Å²) < 4.78 is 5.35. The molecule has 10 heteroatoms. The minimum absolute atomic E-state index is 0.135. The first-order chi connectivity index (χ1) is 16.4. The molecule has 6 N–H and O–H groups in total. The van der Waals surface area contributed by atoms with Crippen LogP contribution in [0, 0.1) is 11.8 Å². The van der Waals surface area contributed by atoms with Crippen molar-refractivity contribution in [3.8, 4) is 5.75 Å². The predicted octanol–water partition coefficient (Wildman–Crippen LogP) is 0.961. The maximum absolute atomic E-state index is 13.1. The first-order valence-electron chi connectivity index (χ1n) is 11.7. The number of piperidine rings is 1. The molecule has 0 radical (unpaired) electrons. The lowest BCUT2D eigenvalue weighted by Crippen LogP contribution is -2.54. The van der Waals surface area contributed by atoms with Crippen LogP contribution >= 0.6 is 0 Å². The highest BCUT2D eigenvalue weighted by Gasteiger charge is 2.34. The Bertz CT molecular complexity index is 1090. The van der Waals surface area contributed by atoms with Gasteiger partial charge in [0.05, 0.1) is 7.11 Å². The van der Waals surface area contributed by atoms with Gasteiger partial charge in [-0.1, -0.05) is 18.9 Å². The Balaban J connectivity index is 1.46. The maximum Gasteiger partial charge on any atom is 0.268 e. The van der Waals surface area contributed by atoms with E-state index in [9.17, 15) is 19.2 Å². The van der Waals surface area contributed by atoms with Gasteiger partial charge in [0.2, 0.25) is 17.7 Å². The Labute approximate surface area is 197 Å². The van der Waals surface area contributed by atoms with Crippen LogP contribution in [-0.4, -0.2) is 54.4 Å². The number of rotatable bonds is 10. The molecule has 3 atom stereocenters. The lowest BCUT2D eigenvalue weighted by atomic mass is 9.91. The average Bonchev–Trinajstić information content (AvgIpc) is 3.52. The fourth-order valence-corrected chi connectivity index (χ4v) is 4.45. The zero-order valence-electron chi connectivity index (χ0n) is 19.2. The zero-order valence-corrected chi connectivity index (χ0v) is 19.2. The molecule has 34 heavy (non-hydrogen) atoms. The molecular weight excluding hydrogens is 438 g/mol. The number of nitrogens with two attached hydrogens (primary N) is 1. The molecule has 4 amide bonds. The summed E-state index contributed by atoms with van der Waals surface area (Å²) in [5, 5.41) is 9.02. The van der Waals surface area contributed by atoms with Crippen molar-refractivity contribution in [2.24, 2.45) is 17.6 Å². The standard InChI is InChI=1S/C24H31N5O5/c1-34-20-6-2-5-16-15(20)12-19(27-16)24(33)29-18(10-13-7-8-13)23(32)28-17(21(25)30)11-14-4-3-9-26-22(14)31/h2,5-6,12-14,17-18,27H,3-4,7-11H2,1H3,(H2,25,30)(H,26,31)(H,28,32)(H,29,33)/t14-,17-,18-/m0/s1. The van der Waals surface area contributed by atoms with Crippen molar-refractivity contribution < 1.29 is 23.9 Å². The fraction of sp³-hybridized carbons (Fsp3) is 0.500. The number of carbonyl (C=O) groups is 4. The molecule has 10 nitrogen and oxygen atoms in total. The maximum atomic E-state index is 13.1. The summed E-state index contributed by atoms with van der Waals surface area (Å²) in [5.74, 6) is -1.15. The number of aromatic nitrogens is 1. The molecule has 2 aliphatic rings. The van der Waals surface area contributed by atoms with E-state index < -0.39 is 29.8 Å². The van der Waals surface area contributed by atoms with E-state index in [0.717, 1.165) is 30.2 Å². The van der Waals surface area contributed by atoms with Gasteiger partial charge in [-0.2, -0.15) is 0 Å². The van der Waals surface area contributed by atoms with Gasteiger partial charge in [-0.05, 0) is 49.8 Å². The highest BCUT2D eigenvalue weighted by atomic mass is 16.5. The van der Waals surface area contributed by atoms with Gasteiger partial charge in [0.15, 0.2) is 0 Å². The van der Waals surface area contributed by atoms with Gasteiger partial charge in [-0.25, -0.2) is 0 Å². The Morgan fingerprint density at radius 2 is 1.94 bits per heavy atom. The molecule has 1 aliphatic carbocycles. The number of fused-ring (bicyclic) bond motifs is 1. The van der Waals surface area contributed by atoms with E-state index in [4.69, 9.17) is 10.5 Å². The molecule has 182 valence electrons. The van der Waals surface area contributed by atoms with E-state index in [-0.39, 0.29) is 18.2 Å². The molecule has 1 saturated carbocycles. The van der Waals surface area contributed by atoms with Crippen LogP contribution in [0.25, 0.3) is 10.9 Å². The molecule has 0 spiro atoms. The van der Waals surface area contributed by atoms with Crippen molar-refractivity contribution in [1.29, 1.82) is 0 Å². The number of aromatic amines is 1. The van der Waals surface area contributed by atoms with Gasteiger partial charge in [0, 0.05) is 23.4 Å². The van der Waals surface area contributed by atoms with E-state index >= 15 is 0 Å². The normalized spacial score (nSPS) is 19.7. The number of H-pyrrole nitrogens is 1. The van der Waals surface area contributed by atoms with Crippen LogP contribution in [-0.2, 0) is 14.4 Å². The van der Waals surface area contributed by atoms with Crippen LogP contribution in [0.2, 0.25) is 0 Å². The van der Waals surface area contributed by atoms with Crippen molar-refractivity contribution in [3.63, 3.8) is 0 Å². The molecule has 1 aromatic heterocycles. The van der Waals surface area contributed by atoms with Gasteiger partial charge in [-0.15, -0.1) is 0 Å². The number of amides is 4. The van der Waals surface area contributed by atoms with Gasteiger partial charge in [0.1, 0.15) is 23.5 Å². The summed E-state index contributed by atoms with van der Waals surface area (Å²) >= 11 is 0. The average molecular weight is 470 g/mol. The molecule has 2 heterocycles. The number of benzene rings is 1. The SMILES string of the molecule is COc1cccc2[nH]c(C(=O)N[C@@H](CC3CC3)C(=O)N[C@@H](C[C@@H]3CCCNC3=O)C(N)=O)cc12. The summed E-state index contributed by atoms with van der Waals surface area (Å²) in [6, 6.07) is 5.33. The highest BCUT2D eigenvalue weighted by molar-refractivity contribution is 6.01. The molecule has 4 rings (SSSR count). The summed E-state index contributed by atoms with van der Waals surface area (Å²) in [6.45, 7) is 0.609. The number of hydrogen-bond donors (Lipinski definition) is 5. The molecule has 1 saturated heterocycles. The van der Waals surface area contributed by atoms with E-state index in [1.807, 2.05) is 12.1 Å². The summed E-state index contributed by atoms with van der Waals surface area (Å²) in [6.07, 6.45) is 4.04. The molecule has 0 unspecified atom stereocenters. The third-order valence-corrected chi connectivity index (χ3v) is 6.56. The van der Waals surface area contributed by atoms with E-state index in [1.54, 1.807) is 19.2 Å². The summed E-state index contributed by atoms with van der Waals surface area (Å²) in [5.41, 5.74) is 6.58. The Hall–Kier alpha value is -3.56. The van der Waals surface area contributed by atoms with E-state index in [0.29, 0.717) is 36.7 Å². The number of primary amides is 1. The molecular formula is C24H31N5O5. The zero-order chi connectivity index (χ0) is 24.2. The van der Waals surface area contributed by atoms with Crippen LogP contribution in [0.4, 0.5) is 0 Å². The monoisotopic (exact) mass is 469 g/mol. The van der Waals surface area contributed by atoms with Gasteiger partial charge in [-0.3, -0.25) is 19.2 Å². The second-order valence-corrected chi connectivity index (χ2v) is 9.14. The number of nitrogens with one attached hydrogen (secondary N) is 4. The van der Waals surface area contributed by atoms with Crippen LogP contribution in [0.5, 0.6) is 5.75 Å². The van der Waals surface area contributed by atoms with Crippen LogP contribution in [0.3, 0.4) is 0 Å². The first kappa shape index (κ1) is 23.6. The van der Waals surface area contributed by atoms with Crippen LogP contribution in [0.1, 0.15) is 49.0 Å². The van der Waals surface area contributed by atoms with E-state index in [1.165, 1.54) is 0 Å². The quantitative estimate of drug-likeness (QED) is 0.350. The van der Waals surface area contributed by atoms with Gasteiger partial charge >= 0.3 is 0 Å². The summed E-state index contributed by atoms with van der Waals surface area (Å²) in [7, 11) is 1.56. The topological polar surface area (TPSA) is 155 Å². The van der Waals surface area contributed by atoms with Crippen molar-refractivity contribution in [2.75, 3.05) is 13.7 Å². The van der Waals surface area contributed by atoms with Gasteiger partial charge < -0.3 is 31.4 Å². The third kappa shape index (κ3) is 5.49. The van der Waals surface area contributed by atoms with Crippen molar-refractivity contribution >= 4 is 34.5 Å². The predicted molar refractivity (Wildman–Crippen MR) is 125 cm³/mol. The molecule has 1 aromatic carbocycles. The van der Waals surface area contributed by atoms with Crippen molar-refractivity contribution in [3.05, 3.63) is 30.0 Å². The number of carbonyl (C=O) groups excluding carboxylic acids is 4. The van der Waals surface area contributed by atoms with E-state index in [2.05, 4.69) is 20.9 Å². The number of hydrogen-bond acceptors (Lipinski definition) is 5. The largest absolute Gasteiger partial charge is 0.496 e. The smallest absolute Gasteiger partial charge is 0.268 e. The summed E-state index contributed by atoms with van der Waals surface area (Å²) in [4.78, 5) is 53.3. The number of ether oxygens (including phenoxy) is 1. The second kappa shape index (κ2) is 10.1. The lowest BCUT2D eigenvalue weighted by molar-refractivity contribution is -0.131. The third-order valence-electron chi connectivity index (χ3n) is 6.56. The first-order valence-corrected chi connectivity index (χ1v) is 11.7. The van der Waals surface area contributed by atoms with Crippen LogP contribution in [0.15, 0.2) is 24.3 Å². The second-order valence-electron chi connectivity index (χ2n) is 9.14. The molecule has 0 bridgehead atoms. The lowest BCUT2D eigenvalue weighted by Gasteiger charge is -2.27. The minimum atomic E-state index is -0.989. The fourth-order valence-electron chi connectivity index (χ4n) is 4.45. The number of methoxy groups -OCH3 is 1. The van der Waals surface area contributed by atoms with Crippen LogP contribution < -0.4 is 26.4 Å². The van der Waals surface area contributed by atoms with Gasteiger partial charge in [0.25, 0.3) is 5.91 Å². The highest BCUT2D eigenvalue weighted by Crippen LogP contribution is 2.34. The molecule has 2 fully saturated rings. The minimum Gasteiger partial charge on any atom is -0.496 e. The van der Waals surface area contributed by atoms with Crippen molar-refractivity contribution in [1.82, 2.24) is 20.9 Å². The Kier molecular flexibility index (Phi) is 7.04. The Morgan fingerprint density at radius 1 is 1.15 bits per heavy atom.